The monoisotopic (exact) mass is 624 g/mol. The van der Waals surface area contributed by atoms with Crippen LogP contribution in [0.4, 0.5) is 5.69 Å². The molecule has 0 saturated carbocycles. The van der Waals surface area contributed by atoms with Gasteiger partial charge in [0.1, 0.15) is 11.8 Å². The molecule has 5 aliphatic rings. The first-order valence-corrected chi connectivity index (χ1v) is 16.7. The zero-order valence-electron chi connectivity index (χ0n) is 25.9. The van der Waals surface area contributed by atoms with Gasteiger partial charge in [-0.2, -0.15) is 0 Å². The molecule has 1 aromatic rings. The molecule has 10 nitrogen and oxygen atoms in total. The molecule has 0 radical (unpaired) electrons. The second-order valence-electron chi connectivity index (χ2n) is 12.4. The van der Waals surface area contributed by atoms with Crippen LogP contribution in [0.25, 0.3) is 0 Å². The summed E-state index contributed by atoms with van der Waals surface area (Å²) in [4.78, 5) is 51.4. The number of rotatable bonds is 9. The number of morpholine rings is 1. The van der Waals surface area contributed by atoms with Crippen LogP contribution in [-0.2, 0) is 19.1 Å². The number of nitrogens with zero attached hydrogens (tertiary/aromatic N) is 4. The van der Waals surface area contributed by atoms with Gasteiger partial charge in [0.15, 0.2) is 0 Å². The Hall–Kier alpha value is -2.86. The molecule has 44 heavy (non-hydrogen) atoms. The summed E-state index contributed by atoms with van der Waals surface area (Å²) in [5.74, 6) is -1.17. The number of amides is 3. The molecule has 5 heterocycles. The summed E-state index contributed by atoms with van der Waals surface area (Å²) in [6.07, 6.45) is 8.64. The molecule has 3 saturated heterocycles. The lowest BCUT2D eigenvalue weighted by Gasteiger charge is -2.40. The van der Waals surface area contributed by atoms with Crippen LogP contribution in [0.15, 0.2) is 48.6 Å². The second kappa shape index (κ2) is 12.5. The highest BCUT2D eigenvalue weighted by Crippen LogP contribution is 2.66. The minimum absolute atomic E-state index is 0.113. The maximum Gasteiger partial charge on any atom is 0.247 e. The third-order valence-electron chi connectivity index (χ3n) is 9.90. The van der Waals surface area contributed by atoms with E-state index in [1.165, 1.54) is 0 Å². The maximum absolute atomic E-state index is 14.7. The highest BCUT2D eigenvalue weighted by Gasteiger charge is 2.74. The van der Waals surface area contributed by atoms with Crippen molar-refractivity contribution in [1.82, 2.24) is 14.7 Å². The van der Waals surface area contributed by atoms with Gasteiger partial charge in [0.2, 0.25) is 17.7 Å². The number of hydrogen-bond acceptors (Lipinski definition) is 8. The predicted molar refractivity (Wildman–Crippen MR) is 170 cm³/mol. The molecule has 3 fully saturated rings. The van der Waals surface area contributed by atoms with Crippen LogP contribution >= 0.6 is 11.8 Å². The van der Waals surface area contributed by atoms with Gasteiger partial charge in [-0.1, -0.05) is 31.2 Å². The Morgan fingerprint density at radius 1 is 0.977 bits per heavy atom. The Bertz CT molecular complexity index is 1310. The van der Waals surface area contributed by atoms with E-state index in [1.807, 2.05) is 68.2 Å². The fourth-order valence-electron chi connectivity index (χ4n) is 7.72. The summed E-state index contributed by atoms with van der Waals surface area (Å²) in [5, 5.41) is 10.4. The number of thioether (sulfide) groups is 1. The topological polar surface area (TPSA) is 103 Å². The van der Waals surface area contributed by atoms with Crippen molar-refractivity contribution in [3.8, 4) is 5.75 Å². The lowest BCUT2D eigenvalue weighted by atomic mass is 9.74. The van der Waals surface area contributed by atoms with Gasteiger partial charge in [-0.3, -0.25) is 19.3 Å². The minimum atomic E-state index is -0.939. The molecule has 6 atom stereocenters. The zero-order valence-corrected chi connectivity index (χ0v) is 26.7. The first kappa shape index (κ1) is 31.1. The van der Waals surface area contributed by atoms with Crippen molar-refractivity contribution in [3.63, 3.8) is 0 Å². The van der Waals surface area contributed by atoms with Gasteiger partial charge in [-0.15, -0.1) is 11.8 Å². The van der Waals surface area contributed by atoms with Crippen molar-refractivity contribution in [2.24, 2.45) is 11.8 Å². The van der Waals surface area contributed by atoms with E-state index in [0.717, 1.165) is 31.1 Å². The van der Waals surface area contributed by atoms with Gasteiger partial charge >= 0.3 is 0 Å². The van der Waals surface area contributed by atoms with Gasteiger partial charge in [-0.05, 0) is 44.5 Å². The Morgan fingerprint density at radius 2 is 1.70 bits per heavy atom. The molecule has 3 amide bonds. The molecule has 5 aliphatic heterocycles. The maximum atomic E-state index is 14.7. The lowest BCUT2D eigenvalue weighted by molar-refractivity contribution is -0.146. The average molecular weight is 625 g/mol. The van der Waals surface area contributed by atoms with Crippen molar-refractivity contribution < 1.29 is 29.0 Å². The van der Waals surface area contributed by atoms with E-state index >= 15 is 0 Å². The number of fused-ring (bicyclic) bond motifs is 2. The lowest BCUT2D eigenvalue weighted by Crippen LogP contribution is -2.57. The van der Waals surface area contributed by atoms with E-state index in [4.69, 9.17) is 9.47 Å². The highest BCUT2D eigenvalue weighted by atomic mass is 32.2. The first-order valence-electron chi connectivity index (χ1n) is 15.9. The SMILES string of the molecule is CCOc1ccc(N2CC=C[C@]3(C)S[C@]45C=CCN(CCN6CCOCC6)C(=O)C4N([C@@H](CC)CO)C(=O)[C@@H]5[C@@H]3C2=O)cc1. The number of aliphatic hydroxyl groups excluding tert-OH is 1. The molecule has 11 heteroatoms. The first-order chi connectivity index (χ1) is 21.3. The van der Waals surface area contributed by atoms with Crippen molar-refractivity contribution in [3.05, 3.63) is 48.6 Å². The molecular weight excluding hydrogens is 580 g/mol. The largest absolute Gasteiger partial charge is 0.494 e. The van der Waals surface area contributed by atoms with Gasteiger partial charge < -0.3 is 29.3 Å². The number of likely N-dealkylation sites (tertiary alicyclic amines) is 1. The molecule has 1 N–H and O–H groups in total. The standard InChI is InChI=1S/C33H44N4O6S/c1-4-23(22-38)37-28-31(41)35(17-16-34-18-20-42-21-19-34)14-7-13-33(28)27(30(37)40)26-29(39)36(15-6-12-32(26,3)44-33)24-8-10-25(11-9-24)43-5-2/h6-13,23,26-28,38H,4-5,14-22H2,1-3H3/t23-,26+,27-,28?,32-,33-/m0/s1. The Balaban J connectivity index is 1.37. The Morgan fingerprint density at radius 3 is 2.39 bits per heavy atom. The van der Waals surface area contributed by atoms with E-state index in [1.54, 1.807) is 21.6 Å². The molecule has 0 bridgehead atoms. The van der Waals surface area contributed by atoms with Crippen LogP contribution in [0, 0.1) is 11.8 Å². The molecule has 0 aliphatic carbocycles. The van der Waals surface area contributed by atoms with E-state index in [-0.39, 0.29) is 24.3 Å². The van der Waals surface area contributed by atoms with Crippen LogP contribution in [0.3, 0.4) is 0 Å². The van der Waals surface area contributed by atoms with E-state index in [9.17, 15) is 19.5 Å². The molecule has 6 rings (SSSR count). The second-order valence-corrected chi connectivity index (χ2v) is 14.2. The molecule has 238 valence electrons. The Kier molecular flexibility index (Phi) is 8.85. The van der Waals surface area contributed by atoms with E-state index < -0.39 is 33.4 Å². The van der Waals surface area contributed by atoms with Gasteiger partial charge in [0, 0.05) is 49.7 Å². The number of aliphatic hydroxyl groups is 1. The number of hydrogen-bond donors (Lipinski definition) is 1. The van der Waals surface area contributed by atoms with Crippen molar-refractivity contribution in [2.45, 2.75) is 48.8 Å². The van der Waals surface area contributed by atoms with E-state index in [2.05, 4.69) is 11.0 Å². The fraction of sp³-hybridized carbons (Fsp3) is 0.606. The summed E-state index contributed by atoms with van der Waals surface area (Å²) < 4.78 is 9.46. The van der Waals surface area contributed by atoms with Crippen molar-refractivity contribution in [1.29, 1.82) is 0 Å². The zero-order chi connectivity index (χ0) is 31.1. The van der Waals surface area contributed by atoms with Crippen molar-refractivity contribution in [2.75, 3.05) is 70.6 Å². The number of ether oxygens (including phenoxy) is 2. The van der Waals surface area contributed by atoms with Gasteiger partial charge in [0.05, 0.1) is 49.1 Å². The number of carbonyl (C=O) groups is 3. The smallest absolute Gasteiger partial charge is 0.247 e. The number of anilines is 1. The number of carbonyl (C=O) groups excluding carboxylic acids is 3. The van der Waals surface area contributed by atoms with Crippen molar-refractivity contribution >= 4 is 35.2 Å². The highest BCUT2D eigenvalue weighted by molar-refractivity contribution is 8.02. The molecule has 1 spiro atoms. The van der Waals surface area contributed by atoms with Gasteiger partial charge in [-0.25, -0.2) is 0 Å². The van der Waals surface area contributed by atoms with Crippen LogP contribution in [0.2, 0.25) is 0 Å². The fourth-order valence-corrected chi connectivity index (χ4v) is 9.87. The summed E-state index contributed by atoms with van der Waals surface area (Å²) in [6, 6.07) is 6.14. The molecular formula is C33H44N4O6S. The van der Waals surface area contributed by atoms with Crippen LogP contribution in [0.5, 0.6) is 5.75 Å². The molecule has 0 aromatic heterocycles. The summed E-state index contributed by atoms with van der Waals surface area (Å²) in [5.41, 5.74) is 0.737. The average Bonchev–Trinajstić information content (AvgIpc) is 3.30. The quantitative estimate of drug-likeness (QED) is 0.418. The number of benzene rings is 1. The third-order valence-corrected chi connectivity index (χ3v) is 11.7. The third kappa shape index (κ3) is 5.15. The molecule has 1 aromatic carbocycles. The minimum Gasteiger partial charge on any atom is -0.494 e. The van der Waals surface area contributed by atoms with Crippen LogP contribution < -0.4 is 9.64 Å². The van der Waals surface area contributed by atoms with E-state index in [0.29, 0.717) is 45.9 Å². The Labute approximate surface area is 264 Å². The van der Waals surface area contributed by atoms with Crippen LogP contribution in [-0.4, -0.2) is 125 Å². The van der Waals surface area contributed by atoms with Gasteiger partial charge in [0.25, 0.3) is 0 Å². The summed E-state index contributed by atoms with van der Waals surface area (Å²) in [6.45, 7) is 11.3. The molecule has 1 unspecified atom stereocenters. The van der Waals surface area contributed by atoms with Crippen LogP contribution in [0.1, 0.15) is 27.2 Å². The predicted octanol–water partition coefficient (Wildman–Crippen LogP) is 2.18. The summed E-state index contributed by atoms with van der Waals surface area (Å²) >= 11 is 1.57. The summed E-state index contributed by atoms with van der Waals surface area (Å²) in [7, 11) is 0. The normalized spacial score (nSPS) is 32.8.